The maximum atomic E-state index is 12.8. The first-order chi connectivity index (χ1) is 36.1. The molecule has 0 aliphatic heterocycles. The van der Waals surface area contributed by atoms with Crippen LogP contribution in [0.25, 0.3) is 22.5 Å². The maximum Gasteiger partial charge on any atom is 0.335 e. The van der Waals surface area contributed by atoms with Crippen molar-refractivity contribution < 1.29 is 24.3 Å². The molecule has 4 heterocycles. The fraction of sp³-hybridized carbons (Fsp3) is 0.296. The fourth-order valence-corrected chi connectivity index (χ4v) is 8.22. The highest BCUT2D eigenvalue weighted by Gasteiger charge is 2.27. The molecule has 2 aromatic carbocycles. The SMILES string of the molecule is CN(C)C/C=C/C(=O)Nc1ccc(C(=O)N[C@@H]2CC[C@H](Nc3ncc(Cl)c(-c4cccnc4)n3)C2)cc1.CN(C)C/C=C/C(=O)Nc1ccc(C(=O)O)cc1.Cl.N[C@@H]1CCC(Nc2ncc(Cl)c(-c3cccnc3)n2)C1. The number of pyridine rings is 2. The summed E-state index contributed by atoms with van der Waals surface area (Å²) in [6.07, 6.45) is 22.1. The molecule has 22 heteroatoms. The van der Waals surface area contributed by atoms with Gasteiger partial charge in [-0.3, -0.25) is 24.4 Å². The van der Waals surface area contributed by atoms with Gasteiger partial charge >= 0.3 is 5.97 Å². The van der Waals surface area contributed by atoms with Crippen molar-refractivity contribution in [2.45, 2.75) is 62.7 Å². The third kappa shape index (κ3) is 19.7. The number of halogens is 3. The Morgan fingerprint density at radius 1 is 0.632 bits per heavy atom. The molecule has 0 radical (unpaired) electrons. The summed E-state index contributed by atoms with van der Waals surface area (Å²) in [6, 6.07) is 21.2. The van der Waals surface area contributed by atoms with E-state index in [1.165, 1.54) is 24.3 Å². The molecule has 0 bridgehead atoms. The van der Waals surface area contributed by atoms with E-state index in [1.54, 1.807) is 85.7 Å². The average molecular weight is 1090 g/mol. The Hall–Kier alpha value is -7.39. The van der Waals surface area contributed by atoms with Gasteiger partial charge in [0.25, 0.3) is 5.91 Å². The molecule has 400 valence electrons. The highest BCUT2D eigenvalue weighted by Crippen LogP contribution is 2.29. The van der Waals surface area contributed by atoms with Gasteiger partial charge < -0.3 is 47.2 Å². The lowest BCUT2D eigenvalue weighted by molar-refractivity contribution is -0.112. The van der Waals surface area contributed by atoms with Crippen molar-refractivity contribution in [3.8, 4) is 22.5 Å². The normalized spacial score (nSPS) is 16.7. The zero-order valence-electron chi connectivity index (χ0n) is 42.6. The number of carbonyl (C=O) groups is 4. The molecule has 2 aliphatic rings. The number of anilines is 4. The summed E-state index contributed by atoms with van der Waals surface area (Å²) in [5.41, 5.74) is 10.9. The quantitative estimate of drug-likeness (QED) is 0.0423. The van der Waals surface area contributed by atoms with E-state index in [9.17, 15) is 19.2 Å². The molecule has 1 unspecified atom stereocenters. The van der Waals surface area contributed by atoms with Crippen LogP contribution in [0.4, 0.5) is 23.3 Å². The van der Waals surface area contributed by atoms with Crippen LogP contribution >= 0.6 is 35.6 Å². The highest BCUT2D eigenvalue weighted by atomic mass is 35.5. The highest BCUT2D eigenvalue weighted by molar-refractivity contribution is 6.33. The van der Waals surface area contributed by atoms with Gasteiger partial charge in [-0.2, -0.15) is 0 Å². The summed E-state index contributed by atoms with van der Waals surface area (Å²) in [7, 11) is 7.68. The first-order valence-corrected chi connectivity index (χ1v) is 25.0. The van der Waals surface area contributed by atoms with Crippen LogP contribution in [0.5, 0.6) is 0 Å². The second kappa shape index (κ2) is 30.2. The summed E-state index contributed by atoms with van der Waals surface area (Å²) in [6.45, 7) is 1.37. The molecule has 2 aliphatic carbocycles. The molecule has 8 rings (SSSR count). The molecule has 0 saturated heterocycles. The average Bonchev–Trinajstić information content (AvgIpc) is 4.03. The number of benzene rings is 2. The van der Waals surface area contributed by atoms with Crippen molar-refractivity contribution in [1.29, 1.82) is 0 Å². The molecule has 3 amide bonds. The van der Waals surface area contributed by atoms with E-state index in [0.717, 1.165) is 49.7 Å². The number of aromatic nitrogens is 6. The van der Waals surface area contributed by atoms with Crippen molar-refractivity contribution in [2.75, 3.05) is 62.5 Å². The van der Waals surface area contributed by atoms with Gasteiger partial charge in [0.15, 0.2) is 0 Å². The second-order valence-electron chi connectivity index (χ2n) is 18.3. The number of hydrogen-bond donors (Lipinski definition) is 7. The van der Waals surface area contributed by atoms with Crippen LogP contribution in [0.2, 0.25) is 10.0 Å². The number of nitrogens with zero attached hydrogens (tertiary/aromatic N) is 8. The Balaban J connectivity index is 0.000000231. The van der Waals surface area contributed by atoms with Crippen molar-refractivity contribution in [3.05, 3.63) is 155 Å². The fourth-order valence-electron chi connectivity index (χ4n) is 7.82. The molecule has 8 N–H and O–H groups in total. The minimum atomic E-state index is -0.987. The van der Waals surface area contributed by atoms with E-state index in [1.807, 2.05) is 62.3 Å². The Labute approximate surface area is 458 Å². The van der Waals surface area contributed by atoms with Gasteiger partial charge in [-0.15, -0.1) is 12.4 Å². The monoisotopic (exact) mass is 1090 g/mol. The van der Waals surface area contributed by atoms with Gasteiger partial charge in [0.05, 0.1) is 39.4 Å². The van der Waals surface area contributed by atoms with Crippen LogP contribution in [0.15, 0.2) is 134 Å². The van der Waals surface area contributed by atoms with Gasteiger partial charge in [0.1, 0.15) is 0 Å². The molecule has 0 spiro atoms. The number of nitrogens with one attached hydrogen (secondary N) is 5. The van der Waals surface area contributed by atoms with Crippen molar-refractivity contribution in [2.24, 2.45) is 5.73 Å². The van der Waals surface area contributed by atoms with Crippen LogP contribution in [0.3, 0.4) is 0 Å². The molecule has 6 aromatic rings. The Morgan fingerprint density at radius 2 is 1.08 bits per heavy atom. The summed E-state index contributed by atoms with van der Waals surface area (Å²) in [4.78, 5) is 76.6. The predicted molar refractivity (Wildman–Crippen MR) is 302 cm³/mol. The van der Waals surface area contributed by atoms with Crippen LogP contribution in [-0.4, -0.2) is 134 Å². The minimum absolute atomic E-state index is 0. The minimum Gasteiger partial charge on any atom is -0.478 e. The molecule has 4 atom stereocenters. The topological polar surface area (TPSA) is 258 Å². The number of amides is 3. The van der Waals surface area contributed by atoms with E-state index >= 15 is 0 Å². The van der Waals surface area contributed by atoms with Gasteiger partial charge in [-0.05, 0) is 140 Å². The van der Waals surface area contributed by atoms with E-state index < -0.39 is 5.97 Å². The van der Waals surface area contributed by atoms with E-state index in [2.05, 4.69) is 56.5 Å². The van der Waals surface area contributed by atoms with Crippen LogP contribution in [0.1, 0.15) is 59.2 Å². The number of aromatic carboxylic acids is 1. The molecule has 2 fully saturated rings. The lowest BCUT2D eigenvalue weighted by atomic mass is 10.1. The Morgan fingerprint density at radius 3 is 1.50 bits per heavy atom. The van der Waals surface area contributed by atoms with E-state index in [-0.39, 0.29) is 53.8 Å². The molecule has 76 heavy (non-hydrogen) atoms. The molecular weight excluding hydrogens is 1030 g/mol. The zero-order chi connectivity index (χ0) is 53.7. The Bertz CT molecular complexity index is 2880. The largest absolute Gasteiger partial charge is 0.478 e. The standard InChI is InChI=1S/C27H30ClN7O2.C14H16ClN5.C13H16N2O3.ClH/c1-35(2)14-4-6-24(36)31-20-9-7-18(8-10-20)26(37)32-21-11-12-22(15-21)33-27-30-17-23(28)25(34-27)19-5-3-13-29-16-19;15-12-8-18-14(19-11-4-3-10(16)6-11)20-13(12)9-2-1-5-17-7-9;1-15(2)9-3-4-12(16)14-11-7-5-10(6-8-11)13(17)18;/h3-10,13,16-17,21-22H,11-12,14-15H2,1-2H3,(H,31,36)(H,32,37)(H,30,33,34);1-2,5,7-8,10-11H,3-4,6,16H2,(H,18,19,20);3-8H,9H2,1-2H3,(H,14,16)(H,17,18);1H/b6-4+;;4-3+;/t21-,22+;10-,11?;;/m11../s1. The van der Waals surface area contributed by atoms with E-state index in [0.29, 0.717) is 69.4 Å². The van der Waals surface area contributed by atoms with Crippen LogP contribution in [-0.2, 0) is 9.59 Å². The lowest BCUT2D eigenvalue weighted by Crippen LogP contribution is -2.34. The summed E-state index contributed by atoms with van der Waals surface area (Å²) >= 11 is 12.5. The van der Waals surface area contributed by atoms with Crippen molar-refractivity contribution >= 4 is 82.6 Å². The third-order valence-electron chi connectivity index (χ3n) is 11.6. The maximum absolute atomic E-state index is 12.8. The van der Waals surface area contributed by atoms with Gasteiger partial charge in [0, 0.05) is 102 Å². The van der Waals surface area contributed by atoms with Gasteiger partial charge in [0.2, 0.25) is 23.7 Å². The Kier molecular flexibility index (Phi) is 23.7. The van der Waals surface area contributed by atoms with Crippen LogP contribution < -0.4 is 32.3 Å². The number of carbonyl (C=O) groups excluding carboxylic acids is 3. The number of likely N-dealkylation sites (N-methyl/N-ethyl adjacent to an activating group) is 2. The molecule has 4 aromatic heterocycles. The summed E-state index contributed by atoms with van der Waals surface area (Å²) < 4.78 is 0. The van der Waals surface area contributed by atoms with Crippen molar-refractivity contribution in [3.63, 3.8) is 0 Å². The second-order valence-corrected chi connectivity index (χ2v) is 19.1. The molecule has 19 nitrogen and oxygen atoms in total. The number of hydrogen-bond acceptors (Lipinski definition) is 15. The summed E-state index contributed by atoms with van der Waals surface area (Å²) in [5.74, 6) is -0.489. The summed E-state index contributed by atoms with van der Waals surface area (Å²) in [5, 5.41) is 24.9. The lowest BCUT2D eigenvalue weighted by Gasteiger charge is -2.15. The smallest absolute Gasteiger partial charge is 0.335 e. The molecule has 2 saturated carbocycles. The van der Waals surface area contributed by atoms with Crippen LogP contribution in [0, 0.1) is 0 Å². The van der Waals surface area contributed by atoms with E-state index in [4.69, 9.17) is 34.0 Å². The first kappa shape index (κ1) is 59.5. The van der Waals surface area contributed by atoms with Gasteiger partial charge in [-0.25, -0.2) is 24.7 Å². The molecular formula is C54H63Cl3N14O5. The first-order valence-electron chi connectivity index (χ1n) is 24.2. The number of carboxylic acid groups (broad SMARTS) is 1. The number of nitrogens with two attached hydrogens (primary N) is 1. The number of carboxylic acids is 1. The van der Waals surface area contributed by atoms with Gasteiger partial charge in [-0.1, -0.05) is 35.4 Å². The predicted octanol–water partition coefficient (Wildman–Crippen LogP) is 8.36. The number of rotatable bonds is 17. The zero-order valence-corrected chi connectivity index (χ0v) is 44.9. The third-order valence-corrected chi connectivity index (χ3v) is 12.1. The van der Waals surface area contributed by atoms with Crippen molar-refractivity contribution in [1.82, 2.24) is 45.0 Å².